The Hall–Kier alpha value is -3.66. The second-order valence-corrected chi connectivity index (χ2v) is 10.1. The summed E-state index contributed by atoms with van der Waals surface area (Å²) in [5, 5.41) is 3.03. The lowest BCUT2D eigenvalue weighted by molar-refractivity contribution is -0.148. The fourth-order valence-corrected chi connectivity index (χ4v) is 4.05. The number of benzene rings is 3. The van der Waals surface area contributed by atoms with Crippen molar-refractivity contribution >= 4 is 11.9 Å². The predicted octanol–water partition coefficient (Wildman–Crippen LogP) is 6.12. The van der Waals surface area contributed by atoms with E-state index < -0.39 is 5.60 Å². The summed E-state index contributed by atoms with van der Waals surface area (Å²) in [5.41, 5.74) is 5.24. The zero-order valence-electron chi connectivity index (χ0n) is 21.8. The highest BCUT2D eigenvalue weighted by molar-refractivity contribution is 5.82. The van der Waals surface area contributed by atoms with Gasteiger partial charge in [0, 0.05) is 18.5 Å². The van der Waals surface area contributed by atoms with Gasteiger partial charge in [0.05, 0.1) is 6.42 Å². The Labute approximate surface area is 215 Å². The molecule has 36 heavy (non-hydrogen) atoms. The SMILES string of the molecule is Cc1ccccc1CCNC(=O)Cc1ccc(CC(/C=C/C(=O)OC(C)(C)C)c2ccccc2)cc1. The number of carbonyl (C=O) groups excluding carboxylic acids is 2. The molecular weight excluding hydrogens is 446 g/mol. The summed E-state index contributed by atoms with van der Waals surface area (Å²) >= 11 is 0. The zero-order chi connectivity index (χ0) is 26.0. The lowest BCUT2D eigenvalue weighted by Crippen LogP contribution is -2.27. The number of hydrogen-bond acceptors (Lipinski definition) is 3. The Morgan fingerprint density at radius 3 is 2.19 bits per heavy atom. The van der Waals surface area contributed by atoms with Crippen molar-refractivity contribution in [3.8, 4) is 0 Å². The Balaban J connectivity index is 1.57. The van der Waals surface area contributed by atoms with Gasteiger partial charge in [0.2, 0.25) is 5.91 Å². The van der Waals surface area contributed by atoms with E-state index in [4.69, 9.17) is 4.74 Å². The fraction of sp³-hybridized carbons (Fsp3) is 0.312. The summed E-state index contributed by atoms with van der Waals surface area (Å²) in [6, 6.07) is 26.5. The summed E-state index contributed by atoms with van der Waals surface area (Å²) in [7, 11) is 0. The third-order valence-electron chi connectivity index (χ3n) is 5.92. The van der Waals surface area contributed by atoms with E-state index in [-0.39, 0.29) is 17.8 Å². The van der Waals surface area contributed by atoms with Gasteiger partial charge in [-0.2, -0.15) is 0 Å². The van der Waals surface area contributed by atoms with Crippen LogP contribution >= 0.6 is 0 Å². The van der Waals surface area contributed by atoms with E-state index >= 15 is 0 Å². The van der Waals surface area contributed by atoms with Crippen LogP contribution in [0.15, 0.2) is 91.0 Å². The van der Waals surface area contributed by atoms with Crippen molar-refractivity contribution in [1.29, 1.82) is 0 Å². The number of amides is 1. The minimum Gasteiger partial charge on any atom is -0.457 e. The van der Waals surface area contributed by atoms with Crippen LogP contribution in [0.2, 0.25) is 0 Å². The molecule has 0 saturated heterocycles. The van der Waals surface area contributed by atoms with E-state index in [1.807, 2.05) is 69.3 Å². The summed E-state index contributed by atoms with van der Waals surface area (Å²) in [6.45, 7) is 8.30. The number of carbonyl (C=O) groups is 2. The third kappa shape index (κ3) is 9.18. The number of nitrogens with one attached hydrogen (secondary N) is 1. The summed E-state index contributed by atoms with van der Waals surface area (Å²) in [5.74, 6) is -0.277. The van der Waals surface area contributed by atoms with Gasteiger partial charge in [-0.15, -0.1) is 0 Å². The molecule has 0 saturated carbocycles. The van der Waals surface area contributed by atoms with Crippen LogP contribution in [0.1, 0.15) is 54.5 Å². The number of ether oxygens (including phenoxy) is 1. The van der Waals surface area contributed by atoms with Crippen molar-refractivity contribution in [2.45, 2.75) is 58.5 Å². The van der Waals surface area contributed by atoms with Gasteiger partial charge < -0.3 is 10.1 Å². The monoisotopic (exact) mass is 483 g/mol. The van der Waals surface area contributed by atoms with Gasteiger partial charge in [-0.1, -0.05) is 84.9 Å². The highest BCUT2D eigenvalue weighted by Gasteiger charge is 2.15. The maximum Gasteiger partial charge on any atom is 0.330 e. The van der Waals surface area contributed by atoms with Crippen molar-refractivity contribution in [1.82, 2.24) is 5.32 Å². The molecule has 0 bridgehead atoms. The molecule has 4 nitrogen and oxygen atoms in total. The molecule has 3 rings (SSSR count). The molecule has 0 fully saturated rings. The number of rotatable bonds is 10. The van der Waals surface area contributed by atoms with E-state index in [0.29, 0.717) is 13.0 Å². The molecule has 0 aliphatic rings. The molecule has 0 spiro atoms. The van der Waals surface area contributed by atoms with E-state index in [1.165, 1.54) is 17.2 Å². The van der Waals surface area contributed by atoms with Crippen LogP contribution in [0, 0.1) is 6.92 Å². The average Bonchev–Trinajstić information content (AvgIpc) is 2.83. The van der Waals surface area contributed by atoms with Crippen LogP contribution in [-0.4, -0.2) is 24.0 Å². The smallest absolute Gasteiger partial charge is 0.330 e. The minimum atomic E-state index is -0.522. The van der Waals surface area contributed by atoms with Crippen molar-refractivity contribution in [3.63, 3.8) is 0 Å². The van der Waals surface area contributed by atoms with Crippen molar-refractivity contribution in [2.75, 3.05) is 6.54 Å². The third-order valence-corrected chi connectivity index (χ3v) is 5.92. The Morgan fingerprint density at radius 1 is 0.889 bits per heavy atom. The zero-order valence-corrected chi connectivity index (χ0v) is 21.8. The van der Waals surface area contributed by atoms with Crippen LogP contribution in [0.4, 0.5) is 0 Å². The topological polar surface area (TPSA) is 55.4 Å². The average molecular weight is 484 g/mol. The Morgan fingerprint density at radius 2 is 1.53 bits per heavy atom. The Kier molecular flexibility index (Phi) is 9.63. The summed E-state index contributed by atoms with van der Waals surface area (Å²) < 4.78 is 5.42. The molecule has 3 aromatic carbocycles. The first kappa shape index (κ1) is 26.9. The second kappa shape index (κ2) is 12.9. The number of aryl methyl sites for hydroxylation is 1. The maximum atomic E-state index is 12.4. The molecule has 1 N–H and O–H groups in total. The molecule has 0 aromatic heterocycles. The van der Waals surface area contributed by atoms with E-state index in [0.717, 1.165) is 29.5 Å². The second-order valence-electron chi connectivity index (χ2n) is 10.1. The Bertz CT molecular complexity index is 1160. The molecule has 1 atom stereocenters. The van der Waals surface area contributed by atoms with E-state index in [2.05, 4.69) is 48.6 Å². The highest BCUT2D eigenvalue weighted by Crippen LogP contribution is 2.23. The molecular formula is C32H37NO3. The van der Waals surface area contributed by atoms with Crippen LogP contribution < -0.4 is 5.32 Å². The summed E-state index contributed by atoms with van der Waals surface area (Å²) in [6.07, 6.45) is 5.37. The van der Waals surface area contributed by atoms with Gasteiger partial charge >= 0.3 is 5.97 Å². The van der Waals surface area contributed by atoms with Gasteiger partial charge in [0.15, 0.2) is 0 Å². The number of allylic oxidation sites excluding steroid dienone is 1. The van der Waals surface area contributed by atoms with Crippen molar-refractivity contribution < 1.29 is 14.3 Å². The van der Waals surface area contributed by atoms with Crippen LogP contribution in [0.5, 0.6) is 0 Å². The lowest BCUT2D eigenvalue weighted by Gasteiger charge is -2.18. The first-order valence-electron chi connectivity index (χ1n) is 12.5. The van der Waals surface area contributed by atoms with Crippen LogP contribution in [-0.2, 0) is 33.6 Å². The van der Waals surface area contributed by atoms with E-state index in [1.54, 1.807) is 0 Å². The van der Waals surface area contributed by atoms with Gasteiger partial charge in [-0.05, 0) is 68.4 Å². The largest absolute Gasteiger partial charge is 0.457 e. The van der Waals surface area contributed by atoms with Gasteiger partial charge in [0.1, 0.15) is 5.60 Å². The molecule has 188 valence electrons. The highest BCUT2D eigenvalue weighted by atomic mass is 16.6. The van der Waals surface area contributed by atoms with Crippen LogP contribution in [0.3, 0.4) is 0 Å². The maximum absolute atomic E-state index is 12.4. The van der Waals surface area contributed by atoms with Crippen molar-refractivity contribution in [2.24, 2.45) is 0 Å². The molecule has 1 unspecified atom stereocenters. The lowest BCUT2D eigenvalue weighted by atomic mass is 9.91. The first-order valence-corrected chi connectivity index (χ1v) is 12.5. The molecule has 0 radical (unpaired) electrons. The van der Waals surface area contributed by atoms with Gasteiger partial charge in [-0.3, -0.25) is 4.79 Å². The standard InChI is InChI=1S/C32H37NO3/c1-24-10-8-9-11-27(24)20-21-33-30(34)23-26-16-14-25(15-17-26)22-29(28-12-6-5-7-13-28)18-19-31(35)36-32(2,3)4/h5-19,29H,20-23H2,1-4H3,(H,33,34)/b19-18+. The number of esters is 1. The summed E-state index contributed by atoms with van der Waals surface area (Å²) in [4.78, 5) is 24.6. The number of hydrogen-bond donors (Lipinski definition) is 1. The minimum absolute atomic E-state index is 0.0267. The van der Waals surface area contributed by atoms with Gasteiger partial charge in [-0.25, -0.2) is 4.79 Å². The molecule has 0 aliphatic heterocycles. The fourth-order valence-electron chi connectivity index (χ4n) is 4.05. The molecule has 4 heteroatoms. The molecule has 1 amide bonds. The molecule has 3 aromatic rings. The first-order chi connectivity index (χ1) is 17.2. The van der Waals surface area contributed by atoms with Crippen molar-refractivity contribution in [3.05, 3.63) is 119 Å². The normalized spacial score (nSPS) is 12.3. The van der Waals surface area contributed by atoms with Gasteiger partial charge in [0.25, 0.3) is 0 Å². The predicted molar refractivity (Wildman–Crippen MR) is 146 cm³/mol. The molecule has 0 heterocycles. The quantitative estimate of drug-likeness (QED) is 0.279. The van der Waals surface area contributed by atoms with E-state index in [9.17, 15) is 9.59 Å². The van der Waals surface area contributed by atoms with Crippen LogP contribution in [0.25, 0.3) is 0 Å². The molecule has 0 aliphatic carbocycles.